The molecule has 0 saturated carbocycles. The number of carbonyl (C=O) groups excluding carboxylic acids is 1. The predicted molar refractivity (Wildman–Crippen MR) is 123 cm³/mol. The summed E-state index contributed by atoms with van der Waals surface area (Å²) in [6, 6.07) is 13.9. The second-order valence-electron chi connectivity index (χ2n) is 7.48. The van der Waals surface area contributed by atoms with Crippen molar-refractivity contribution in [1.82, 2.24) is 20.1 Å². The van der Waals surface area contributed by atoms with Gasteiger partial charge in [0.05, 0.1) is 7.11 Å². The van der Waals surface area contributed by atoms with Gasteiger partial charge in [-0.2, -0.15) is 0 Å². The van der Waals surface area contributed by atoms with Crippen molar-refractivity contribution >= 4 is 17.7 Å². The average Bonchev–Trinajstić information content (AvgIpc) is 2.82. The molecule has 0 aliphatic carbocycles. The lowest BCUT2D eigenvalue weighted by atomic mass is 10.2. The van der Waals surface area contributed by atoms with Gasteiger partial charge in [0.1, 0.15) is 11.6 Å². The van der Waals surface area contributed by atoms with Crippen LogP contribution in [0.5, 0.6) is 5.75 Å². The molecule has 31 heavy (non-hydrogen) atoms. The number of benzene rings is 1. The van der Waals surface area contributed by atoms with Gasteiger partial charge in [0.15, 0.2) is 5.96 Å². The number of rotatable bonds is 7. The molecule has 0 radical (unpaired) electrons. The van der Waals surface area contributed by atoms with E-state index in [-0.39, 0.29) is 5.91 Å². The number of pyridine rings is 1. The van der Waals surface area contributed by atoms with Crippen LogP contribution in [0.4, 0.5) is 5.82 Å². The first-order valence-corrected chi connectivity index (χ1v) is 10.6. The van der Waals surface area contributed by atoms with E-state index >= 15 is 0 Å². The summed E-state index contributed by atoms with van der Waals surface area (Å²) >= 11 is 0. The molecular formula is C23H32N6O2. The molecule has 0 atom stereocenters. The molecular weight excluding hydrogens is 392 g/mol. The predicted octanol–water partition coefficient (Wildman–Crippen LogP) is 1.84. The Morgan fingerprint density at radius 2 is 1.90 bits per heavy atom. The second-order valence-corrected chi connectivity index (χ2v) is 7.48. The molecule has 8 heteroatoms. The summed E-state index contributed by atoms with van der Waals surface area (Å²) in [6.45, 7) is 4.33. The van der Waals surface area contributed by atoms with Crippen molar-refractivity contribution in [2.24, 2.45) is 4.99 Å². The topological polar surface area (TPSA) is 73.3 Å². The largest absolute Gasteiger partial charge is 0.497 e. The molecule has 3 rings (SSSR count). The molecule has 8 nitrogen and oxygen atoms in total. The molecule has 0 unspecified atom stereocenters. The number of hydrogen-bond donors (Lipinski definition) is 1. The van der Waals surface area contributed by atoms with Gasteiger partial charge in [-0.05, 0) is 29.8 Å². The molecule has 1 amide bonds. The smallest absolute Gasteiger partial charge is 0.224 e. The van der Waals surface area contributed by atoms with Crippen LogP contribution in [0.3, 0.4) is 0 Å². The van der Waals surface area contributed by atoms with Crippen molar-refractivity contribution in [2.45, 2.75) is 13.0 Å². The fourth-order valence-electron chi connectivity index (χ4n) is 3.63. The summed E-state index contributed by atoms with van der Waals surface area (Å²) in [5.74, 6) is 2.75. The molecule has 1 aliphatic heterocycles. The van der Waals surface area contributed by atoms with Crippen molar-refractivity contribution in [3.63, 3.8) is 0 Å². The average molecular weight is 425 g/mol. The minimum Gasteiger partial charge on any atom is -0.497 e. The Morgan fingerprint density at radius 1 is 1.16 bits per heavy atom. The highest BCUT2D eigenvalue weighted by atomic mass is 16.5. The van der Waals surface area contributed by atoms with E-state index in [1.807, 2.05) is 59.3 Å². The Hall–Kier alpha value is -3.29. The van der Waals surface area contributed by atoms with E-state index in [2.05, 4.69) is 20.2 Å². The number of nitrogens with zero attached hydrogens (tertiary/aromatic N) is 5. The molecule has 166 valence electrons. The number of anilines is 1. The van der Waals surface area contributed by atoms with Crippen LogP contribution in [0, 0.1) is 0 Å². The minimum absolute atomic E-state index is 0.168. The highest BCUT2D eigenvalue weighted by molar-refractivity contribution is 5.81. The van der Waals surface area contributed by atoms with E-state index in [9.17, 15) is 4.79 Å². The van der Waals surface area contributed by atoms with E-state index in [0.29, 0.717) is 19.5 Å². The van der Waals surface area contributed by atoms with Crippen LogP contribution in [0.25, 0.3) is 0 Å². The molecule has 1 saturated heterocycles. The van der Waals surface area contributed by atoms with Gasteiger partial charge in [-0.15, -0.1) is 0 Å². The normalized spacial score (nSPS) is 14.4. The molecule has 1 N–H and O–H groups in total. The third kappa shape index (κ3) is 6.34. The van der Waals surface area contributed by atoms with Crippen LogP contribution in [0.2, 0.25) is 0 Å². The molecule has 2 heterocycles. The second kappa shape index (κ2) is 11.2. The van der Waals surface area contributed by atoms with Crippen LogP contribution in [-0.4, -0.2) is 80.6 Å². The molecule has 1 fully saturated rings. The van der Waals surface area contributed by atoms with Gasteiger partial charge in [0.2, 0.25) is 5.91 Å². The van der Waals surface area contributed by atoms with Crippen molar-refractivity contribution in [1.29, 1.82) is 0 Å². The molecule has 2 aromatic rings. The van der Waals surface area contributed by atoms with Gasteiger partial charge in [0, 0.05) is 66.0 Å². The van der Waals surface area contributed by atoms with Gasteiger partial charge >= 0.3 is 0 Å². The van der Waals surface area contributed by atoms with E-state index in [1.165, 1.54) is 0 Å². The minimum atomic E-state index is 0.168. The number of amides is 1. The maximum Gasteiger partial charge on any atom is 0.224 e. The zero-order chi connectivity index (χ0) is 22.1. The van der Waals surface area contributed by atoms with Crippen molar-refractivity contribution in [2.75, 3.05) is 58.8 Å². The Balaban J connectivity index is 1.40. The van der Waals surface area contributed by atoms with Crippen LogP contribution in [0.15, 0.2) is 53.7 Å². The first-order chi connectivity index (χ1) is 15.1. The quantitative estimate of drug-likeness (QED) is 0.540. The summed E-state index contributed by atoms with van der Waals surface area (Å²) < 4.78 is 5.21. The number of aliphatic imine (C=N–C) groups is 1. The molecule has 1 aromatic carbocycles. The number of piperazine rings is 1. The fraction of sp³-hybridized carbons (Fsp3) is 0.435. The Morgan fingerprint density at radius 3 is 2.52 bits per heavy atom. The Bertz CT molecular complexity index is 848. The number of aromatic nitrogens is 1. The Labute approximate surface area is 184 Å². The molecule has 1 aromatic heterocycles. The lowest BCUT2D eigenvalue weighted by molar-refractivity contribution is -0.131. The van der Waals surface area contributed by atoms with Gasteiger partial charge in [-0.1, -0.05) is 18.2 Å². The lowest BCUT2D eigenvalue weighted by Crippen LogP contribution is -2.49. The standard InChI is InChI=1S/C23H32N6O2/c1-24-23(27(2)18-19-7-9-20(31-3)10-8-19)26-13-11-22(30)29-16-14-28(15-17-29)21-6-4-5-12-25-21/h4-10,12H,11,13-18H2,1-3H3,(H,24,26). The van der Waals surface area contributed by atoms with Crippen LogP contribution >= 0.6 is 0 Å². The molecule has 1 aliphatic rings. The summed E-state index contributed by atoms with van der Waals surface area (Å²) in [7, 11) is 5.40. The zero-order valence-electron chi connectivity index (χ0n) is 18.6. The fourth-order valence-corrected chi connectivity index (χ4v) is 3.63. The SMILES string of the molecule is CN=C(NCCC(=O)N1CCN(c2ccccn2)CC1)N(C)Cc1ccc(OC)cc1. The maximum absolute atomic E-state index is 12.6. The summed E-state index contributed by atoms with van der Waals surface area (Å²) in [6.07, 6.45) is 2.25. The Kier molecular flexibility index (Phi) is 8.09. The summed E-state index contributed by atoms with van der Waals surface area (Å²) in [4.78, 5) is 27.5. The monoisotopic (exact) mass is 424 g/mol. The lowest BCUT2D eigenvalue weighted by Gasteiger charge is -2.35. The van der Waals surface area contributed by atoms with Gasteiger partial charge < -0.3 is 24.8 Å². The van der Waals surface area contributed by atoms with Crippen LogP contribution in [-0.2, 0) is 11.3 Å². The summed E-state index contributed by atoms with van der Waals surface area (Å²) in [5.41, 5.74) is 1.16. The number of hydrogen-bond acceptors (Lipinski definition) is 5. The van der Waals surface area contributed by atoms with Crippen LogP contribution in [0.1, 0.15) is 12.0 Å². The first kappa shape index (κ1) is 22.4. The maximum atomic E-state index is 12.6. The number of methoxy groups -OCH3 is 1. The first-order valence-electron chi connectivity index (χ1n) is 10.6. The highest BCUT2D eigenvalue weighted by Crippen LogP contribution is 2.14. The number of carbonyl (C=O) groups is 1. The van der Waals surface area contributed by atoms with Gasteiger partial charge in [-0.25, -0.2) is 4.98 Å². The number of guanidine groups is 1. The highest BCUT2D eigenvalue weighted by Gasteiger charge is 2.21. The third-order valence-corrected chi connectivity index (χ3v) is 5.38. The third-order valence-electron chi connectivity index (χ3n) is 5.38. The van der Waals surface area contributed by atoms with E-state index in [1.54, 1.807) is 20.4 Å². The zero-order valence-corrected chi connectivity index (χ0v) is 18.6. The van der Waals surface area contributed by atoms with Crippen LogP contribution < -0.4 is 15.0 Å². The van der Waals surface area contributed by atoms with Crippen molar-refractivity contribution < 1.29 is 9.53 Å². The van der Waals surface area contributed by atoms with E-state index in [0.717, 1.165) is 49.3 Å². The molecule has 0 spiro atoms. The summed E-state index contributed by atoms with van der Waals surface area (Å²) in [5, 5.41) is 3.30. The number of ether oxygens (including phenoxy) is 1. The van der Waals surface area contributed by atoms with E-state index < -0.39 is 0 Å². The van der Waals surface area contributed by atoms with Crippen molar-refractivity contribution in [3.05, 3.63) is 54.2 Å². The van der Waals surface area contributed by atoms with Gasteiger partial charge in [-0.3, -0.25) is 9.79 Å². The number of nitrogens with one attached hydrogen (secondary N) is 1. The molecule has 0 bridgehead atoms. The van der Waals surface area contributed by atoms with Gasteiger partial charge in [0.25, 0.3) is 0 Å². The van der Waals surface area contributed by atoms with E-state index in [4.69, 9.17) is 4.74 Å². The van der Waals surface area contributed by atoms with Crippen molar-refractivity contribution in [3.8, 4) is 5.75 Å².